The van der Waals surface area contributed by atoms with Gasteiger partial charge in [0.2, 0.25) is 5.91 Å². The minimum Gasteiger partial charge on any atom is -0.466 e. The van der Waals surface area contributed by atoms with Crippen LogP contribution in [0, 0.1) is 5.92 Å². The van der Waals surface area contributed by atoms with Crippen molar-refractivity contribution < 1.29 is 14.0 Å². The molecule has 4 nitrogen and oxygen atoms in total. The van der Waals surface area contributed by atoms with Crippen LogP contribution in [0.25, 0.3) is 0 Å². The molecule has 2 unspecified atom stereocenters. The maximum Gasteiger partial charge on any atom is 0.243 e. The van der Waals surface area contributed by atoms with Gasteiger partial charge in [-0.1, -0.05) is 6.92 Å². The van der Waals surface area contributed by atoms with Gasteiger partial charge in [0, 0.05) is 18.8 Å². The van der Waals surface area contributed by atoms with E-state index >= 15 is 0 Å². The van der Waals surface area contributed by atoms with Crippen LogP contribution in [0.4, 0.5) is 0 Å². The molecule has 16 heavy (non-hydrogen) atoms. The molecule has 0 radical (unpaired) electrons. The van der Waals surface area contributed by atoms with Crippen LogP contribution < -0.4 is 5.48 Å². The number of hydroxylamine groups is 1. The molecule has 1 aromatic rings. The first kappa shape index (κ1) is 11.2. The van der Waals surface area contributed by atoms with Crippen molar-refractivity contribution in [2.24, 2.45) is 5.92 Å². The highest BCUT2D eigenvalue weighted by molar-refractivity contribution is 5.74. The van der Waals surface area contributed by atoms with E-state index in [4.69, 9.17) is 4.42 Å². The summed E-state index contributed by atoms with van der Waals surface area (Å²) in [6, 6.07) is 3.98. The van der Waals surface area contributed by atoms with E-state index in [1.54, 1.807) is 0 Å². The van der Waals surface area contributed by atoms with E-state index in [9.17, 15) is 4.79 Å². The van der Waals surface area contributed by atoms with Crippen molar-refractivity contribution >= 4 is 5.91 Å². The van der Waals surface area contributed by atoms with Crippen LogP contribution >= 0.6 is 0 Å². The van der Waals surface area contributed by atoms with Gasteiger partial charge in [0.1, 0.15) is 11.5 Å². The fourth-order valence-corrected chi connectivity index (χ4v) is 1.85. The minimum atomic E-state index is -0.125. The second-order valence-corrected chi connectivity index (χ2v) is 4.35. The molecule has 2 rings (SSSR count). The zero-order chi connectivity index (χ0) is 11.5. The maximum absolute atomic E-state index is 11.1. The normalized spacial score (nSPS) is 23.1. The number of amides is 1. The van der Waals surface area contributed by atoms with Crippen molar-refractivity contribution in [2.75, 3.05) is 7.11 Å². The number of aryl methyl sites for hydroxylation is 1. The first-order valence-corrected chi connectivity index (χ1v) is 5.61. The maximum atomic E-state index is 11.1. The van der Waals surface area contributed by atoms with E-state index in [1.165, 1.54) is 13.5 Å². The Labute approximate surface area is 94.9 Å². The molecule has 1 N–H and O–H groups in total. The summed E-state index contributed by atoms with van der Waals surface area (Å²) < 4.78 is 5.69. The van der Waals surface area contributed by atoms with Gasteiger partial charge in [-0.15, -0.1) is 0 Å². The van der Waals surface area contributed by atoms with Crippen molar-refractivity contribution in [1.29, 1.82) is 0 Å². The highest BCUT2D eigenvalue weighted by atomic mass is 16.6. The molecule has 1 aliphatic rings. The van der Waals surface area contributed by atoms with Crippen LogP contribution in [0.5, 0.6) is 0 Å². The largest absolute Gasteiger partial charge is 0.466 e. The molecule has 1 heterocycles. The SMILES string of the molecule is CONC(=O)CCc1ccc(C2CC2C)o1. The predicted octanol–water partition coefficient (Wildman–Crippen LogP) is 2.01. The van der Waals surface area contributed by atoms with Crippen molar-refractivity contribution in [3.05, 3.63) is 23.7 Å². The summed E-state index contributed by atoms with van der Waals surface area (Å²) in [6.07, 6.45) is 2.23. The van der Waals surface area contributed by atoms with Gasteiger partial charge >= 0.3 is 0 Å². The third kappa shape index (κ3) is 2.64. The lowest BCUT2D eigenvalue weighted by Crippen LogP contribution is -2.21. The molecule has 1 amide bonds. The molecule has 1 fully saturated rings. The van der Waals surface area contributed by atoms with Gasteiger partial charge in [-0.3, -0.25) is 9.63 Å². The fourth-order valence-electron chi connectivity index (χ4n) is 1.85. The lowest BCUT2D eigenvalue weighted by Gasteiger charge is -1.99. The Balaban J connectivity index is 1.81. The second-order valence-electron chi connectivity index (χ2n) is 4.35. The molecule has 1 saturated carbocycles. The number of nitrogens with one attached hydrogen (secondary N) is 1. The number of rotatable bonds is 5. The summed E-state index contributed by atoms with van der Waals surface area (Å²) in [4.78, 5) is 15.7. The smallest absolute Gasteiger partial charge is 0.243 e. The molecule has 88 valence electrons. The average Bonchev–Trinajstić information content (AvgIpc) is 2.80. The average molecular weight is 223 g/mol. The van der Waals surface area contributed by atoms with Gasteiger partial charge in [-0.2, -0.15) is 0 Å². The van der Waals surface area contributed by atoms with Crippen LogP contribution in [0.3, 0.4) is 0 Å². The van der Waals surface area contributed by atoms with E-state index in [0.717, 1.165) is 17.4 Å². The minimum absolute atomic E-state index is 0.125. The summed E-state index contributed by atoms with van der Waals surface area (Å²) in [5, 5.41) is 0. The highest BCUT2D eigenvalue weighted by Crippen LogP contribution is 2.47. The van der Waals surface area contributed by atoms with Crippen LogP contribution in [0.2, 0.25) is 0 Å². The molecule has 0 aromatic carbocycles. The van der Waals surface area contributed by atoms with Crippen LogP contribution in [-0.4, -0.2) is 13.0 Å². The fraction of sp³-hybridized carbons (Fsp3) is 0.583. The van der Waals surface area contributed by atoms with Gasteiger partial charge in [0.15, 0.2) is 0 Å². The number of furan rings is 1. The van der Waals surface area contributed by atoms with Crippen LogP contribution in [-0.2, 0) is 16.1 Å². The number of hydrogen-bond donors (Lipinski definition) is 1. The molecular weight excluding hydrogens is 206 g/mol. The molecule has 2 atom stereocenters. The molecule has 4 heteroatoms. The van der Waals surface area contributed by atoms with E-state index in [1.807, 2.05) is 12.1 Å². The lowest BCUT2D eigenvalue weighted by molar-refractivity contribution is -0.131. The molecule has 0 spiro atoms. The Morgan fingerprint density at radius 2 is 2.38 bits per heavy atom. The molecular formula is C12H17NO3. The van der Waals surface area contributed by atoms with Crippen molar-refractivity contribution in [3.8, 4) is 0 Å². The van der Waals surface area contributed by atoms with Gasteiger partial charge in [-0.05, 0) is 24.5 Å². The number of carbonyl (C=O) groups is 1. The Kier molecular flexibility index (Phi) is 3.29. The molecule has 1 aliphatic carbocycles. The van der Waals surface area contributed by atoms with Gasteiger partial charge in [0.05, 0.1) is 7.11 Å². The van der Waals surface area contributed by atoms with Gasteiger partial charge in [-0.25, -0.2) is 5.48 Å². The monoisotopic (exact) mass is 223 g/mol. The summed E-state index contributed by atoms with van der Waals surface area (Å²) in [7, 11) is 1.43. The van der Waals surface area contributed by atoms with Gasteiger partial charge < -0.3 is 4.42 Å². The number of hydrogen-bond acceptors (Lipinski definition) is 3. The summed E-state index contributed by atoms with van der Waals surface area (Å²) in [5.74, 6) is 3.16. The van der Waals surface area contributed by atoms with Gasteiger partial charge in [0.25, 0.3) is 0 Å². The Morgan fingerprint density at radius 3 is 3.00 bits per heavy atom. The van der Waals surface area contributed by atoms with E-state index in [2.05, 4.69) is 17.2 Å². The highest BCUT2D eigenvalue weighted by Gasteiger charge is 2.36. The van der Waals surface area contributed by atoms with Crippen molar-refractivity contribution in [2.45, 2.75) is 32.1 Å². The Morgan fingerprint density at radius 1 is 1.62 bits per heavy atom. The summed E-state index contributed by atoms with van der Waals surface area (Å²) in [5.41, 5.74) is 2.28. The third-order valence-electron chi connectivity index (χ3n) is 2.97. The Hall–Kier alpha value is -1.29. The summed E-state index contributed by atoms with van der Waals surface area (Å²) >= 11 is 0. The van der Waals surface area contributed by atoms with Crippen LogP contribution in [0.15, 0.2) is 16.5 Å². The molecule has 0 saturated heterocycles. The Bertz CT molecular complexity index is 372. The van der Waals surface area contributed by atoms with Crippen LogP contribution in [0.1, 0.15) is 37.2 Å². The first-order valence-electron chi connectivity index (χ1n) is 5.61. The van der Waals surface area contributed by atoms with Crippen molar-refractivity contribution in [3.63, 3.8) is 0 Å². The zero-order valence-corrected chi connectivity index (χ0v) is 9.66. The van der Waals surface area contributed by atoms with E-state index in [0.29, 0.717) is 18.8 Å². The lowest BCUT2D eigenvalue weighted by atomic mass is 10.2. The summed E-state index contributed by atoms with van der Waals surface area (Å²) in [6.45, 7) is 2.22. The zero-order valence-electron chi connectivity index (χ0n) is 9.66. The quantitative estimate of drug-likeness (QED) is 0.777. The second kappa shape index (κ2) is 4.70. The topological polar surface area (TPSA) is 51.5 Å². The molecule has 0 aliphatic heterocycles. The van der Waals surface area contributed by atoms with E-state index in [-0.39, 0.29) is 5.91 Å². The molecule has 1 aromatic heterocycles. The molecule has 0 bridgehead atoms. The van der Waals surface area contributed by atoms with Crippen molar-refractivity contribution in [1.82, 2.24) is 5.48 Å². The number of carbonyl (C=O) groups excluding carboxylic acids is 1. The van der Waals surface area contributed by atoms with E-state index < -0.39 is 0 Å². The predicted molar refractivity (Wildman–Crippen MR) is 58.7 cm³/mol. The standard InChI is InChI=1S/C12H17NO3/c1-8-7-10(8)11-5-3-9(16-11)4-6-12(14)13-15-2/h3,5,8,10H,4,6-7H2,1-2H3,(H,13,14). The third-order valence-corrected chi connectivity index (χ3v) is 2.97. The first-order chi connectivity index (χ1) is 7.70.